The molecule has 2 aromatic carbocycles. The van der Waals surface area contributed by atoms with Gasteiger partial charge in [0.1, 0.15) is 17.4 Å². The molecular weight excluding hydrogens is 362 g/mol. The fourth-order valence-electron chi connectivity index (χ4n) is 3.90. The first-order valence-corrected chi connectivity index (χ1v) is 9.70. The van der Waals surface area contributed by atoms with Gasteiger partial charge in [0.25, 0.3) is 5.91 Å². The number of rotatable bonds is 4. The van der Waals surface area contributed by atoms with Crippen LogP contribution in [0.2, 0.25) is 0 Å². The summed E-state index contributed by atoms with van der Waals surface area (Å²) >= 11 is 0. The zero-order chi connectivity index (χ0) is 21.2. The Kier molecular flexibility index (Phi) is 5.65. The number of hydrogen-bond donors (Lipinski definition) is 1. The van der Waals surface area contributed by atoms with E-state index in [4.69, 9.17) is 4.74 Å². The van der Waals surface area contributed by atoms with Gasteiger partial charge in [-0.05, 0) is 67.7 Å². The molecule has 0 fully saturated rings. The molecular formula is C24H27N3O2. The van der Waals surface area contributed by atoms with Crippen molar-refractivity contribution >= 4 is 23.4 Å². The molecule has 5 nitrogen and oxygen atoms in total. The smallest absolute Gasteiger partial charge is 0.266 e. The summed E-state index contributed by atoms with van der Waals surface area (Å²) in [6, 6.07) is 15.2. The van der Waals surface area contributed by atoms with Crippen molar-refractivity contribution in [2.45, 2.75) is 38.6 Å². The van der Waals surface area contributed by atoms with Gasteiger partial charge in [0.2, 0.25) is 0 Å². The van der Waals surface area contributed by atoms with Crippen LogP contribution < -0.4 is 15.0 Å². The van der Waals surface area contributed by atoms with E-state index in [1.807, 2.05) is 12.1 Å². The van der Waals surface area contributed by atoms with Gasteiger partial charge in [-0.3, -0.25) is 4.79 Å². The zero-order valence-electron chi connectivity index (χ0n) is 17.6. The number of ether oxygens (including phenoxy) is 1. The van der Waals surface area contributed by atoms with Crippen molar-refractivity contribution in [2.75, 3.05) is 24.4 Å². The number of carbonyl (C=O) groups excluding carboxylic acids is 1. The Balaban J connectivity index is 1.87. The van der Waals surface area contributed by atoms with Crippen molar-refractivity contribution < 1.29 is 9.53 Å². The predicted octanol–water partition coefficient (Wildman–Crippen LogP) is 4.96. The van der Waals surface area contributed by atoms with Crippen LogP contribution in [0.25, 0.3) is 6.08 Å². The lowest BCUT2D eigenvalue weighted by Gasteiger charge is -2.45. The van der Waals surface area contributed by atoms with E-state index < -0.39 is 5.91 Å². The van der Waals surface area contributed by atoms with Gasteiger partial charge in [-0.1, -0.05) is 19.1 Å². The molecule has 0 aliphatic carbocycles. The monoisotopic (exact) mass is 389 g/mol. The molecule has 1 amide bonds. The average Bonchev–Trinajstić information content (AvgIpc) is 2.70. The number of anilines is 2. The highest BCUT2D eigenvalue weighted by Crippen LogP contribution is 2.42. The Morgan fingerprint density at radius 1 is 1.31 bits per heavy atom. The second-order valence-corrected chi connectivity index (χ2v) is 8.15. The highest BCUT2D eigenvalue weighted by Gasteiger charge is 2.33. The van der Waals surface area contributed by atoms with Crippen LogP contribution in [0.3, 0.4) is 0 Å². The molecule has 5 heteroatoms. The van der Waals surface area contributed by atoms with E-state index in [9.17, 15) is 10.1 Å². The quantitative estimate of drug-likeness (QED) is 0.593. The second kappa shape index (κ2) is 8.00. The lowest BCUT2D eigenvalue weighted by atomic mass is 9.80. The lowest BCUT2D eigenvalue weighted by Crippen LogP contribution is -2.45. The van der Waals surface area contributed by atoms with Crippen molar-refractivity contribution in [3.63, 3.8) is 0 Å². The molecule has 0 spiro atoms. The molecule has 3 rings (SSSR count). The average molecular weight is 389 g/mol. The fraction of sp³-hybridized carbons (Fsp3) is 0.333. The number of nitrogens with one attached hydrogen (secondary N) is 1. The van der Waals surface area contributed by atoms with Crippen molar-refractivity contribution in [1.29, 1.82) is 5.26 Å². The summed E-state index contributed by atoms with van der Waals surface area (Å²) in [7, 11) is 3.68. The largest absolute Gasteiger partial charge is 0.497 e. The number of methoxy groups -OCH3 is 1. The number of carbonyl (C=O) groups is 1. The van der Waals surface area contributed by atoms with E-state index in [0.717, 1.165) is 12.0 Å². The van der Waals surface area contributed by atoms with Crippen LogP contribution in [0.1, 0.15) is 44.2 Å². The highest BCUT2D eigenvalue weighted by molar-refractivity contribution is 6.09. The minimum Gasteiger partial charge on any atom is -0.497 e. The third kappa shape index (κ3) is 4.27. The van der Waals surface area contributed by atoms with Crippen LogP contribution in [-0.2, 0) is 4.79 Å². The maximum Gasteiger partial charge on any atom is 0.266 e. The predicted molar refractivity (Wildman–Crippen MR) is 117 cm³/mol. The normalized spacial score (nSPS) is 17.9. The van der Waals surface area contributed by atoms with Crippen molar-refractivity contribution in [3.05, 3.63) is 59.2 Å². The first-order valence-electron chi connectivity index (χ1n) is 9.70. The minimum atomic E-state index is -0.440. The molecule has 1 N–H and O–H groups in total. The zero-order valence-corrected chi connectivity index (χ0v) is 17.6. The van der Waals surface area contributed by atoms with Gasteiger partial charge in [0.05, 0.1) is 7.11 Å². The van der Waals surface area contributed by atoms with E-state index in [1.165, 1.54) is 11.3 Å². The second-order valence-electron chi connectivity index (χ2n) is 8.15. The molecule has 29 heavy (non-hydrogen) atoms. The Labute approximate surface area is 172 Å². The minimum absolute atomic E-state index is 0.0601. The van der Waals surface area contributed by atoms with Gasteiger partial charge < -0.3 is 15.0 Å². The van der Waals surface area contributed by atoms with E-state index in [0.29, 0.717) is 17.4 Å². The third-order valence-electron chi connectivity index (χ3n) is 5.66. The molecule has 0 saturated carbocycles. The van der Waals surface area contributed by atoms with Crippen LogP contribution in [0, 0.1) is 11.3 Å². The molecule has 150 valence electrons. The van der Waals surface area contributed by atoms with Crippen LogP contribution >= 0.6 is 0 Å². The topological polar surface area (TPSA) is 65.4 Å². The van der Waals surface area contributed by atoms with Crippen LogP contribution in [0.5, 0.6) is 5.75 Å². The van der Waals surface area contributed by atoms with E-state index >= 15 is 0 Å². The molecule has 0 bridgehead atoms. The van der Waals surface area contributed by atoms with Crippen molar-refractivity contribution in [1.82, 2.24) is 0 Å². The highest BCUT2D eigenvalue weighted by atomic mass is 16.5. The Hall–Kier alpha value is -3.26. The molecule has 1 aliphatic rings. The van der Waals surface area contributed by atoms with Crippen molar-refractivity contribution in [2.24, 2.45) is 0 Å². The molecule has 1 atom stereocenters. The molecule has 1 aliphatic heterocycles. The van der Waals surface area contributed by atoms with Gasteiger partial charge in [0, 0.05) is 30.0 Å². The van der Waals surface area contributed by atoms with Gasteiger partial charge in [0.15, 0.2) is 0 Å². The standard InChI is InChI=1S/C24H27N3O2/c1-16-14-24(2,3)27(4)22-10-9-17(12-21(16)22)11-18(15-25)23(28)26-19-7-6-8-20(13-19)29-5/h6-13,16H,14H2,1-5H3,(H,26,28)/b18-11-. The summed E-state index contributed by atoms with van der Waals surface area (Å²) in [6.45, 7) is 6.72. The Morgan fingerprint density at radius 3 is 2.76 bits per heavy atom. The summed E-state index contributed by atoms with van der Waals surface area (Å²) < 4.78 is 5.17. The fourth-order valence-corrected chi connectivity index (χ4v) is 3.90. The van der Waals surface area contributed by atoms with Gasteiger partial charge in [-0.2, -0.15) is 5.26 Å². The van der Waals surface area contributed by atoms with Gasteiger partial charge in [-0.15, -0.1) is 0 Å². The molecule has 1 unspecified atom stereocenters. The summed E-state index contributed by atoms with van der Waals surface area (Å²) in [6.07, 6.45) is 2.69. The van der Waals surface area contributed by atoms with E-state index in [-0.39, 0.29) is 11.1 Å². The molecule has 1 heterocycles. The maximum atomic E-state index is 12.6. The summed E-state index contributed by atoms with van der Waals surface area (Å²) in [5.74, 6) is 0.603. The first-order chi connectivity index (χ1) is 13.7. The number of nitriles is 1. The number of benzene rings is 2. The molecule has 0 saturated heterocycles. The van der Waals surface area contributed by atoms with Crippen LogP contribution in [0.15, 0.2) is 48.0 Å². The lowest BCUT2D eigenvalue weighted by molar-refractivity contribution is -0.112. The van der Waals surface area contributed by atoms with Gasteiger partial charge in [-0.25, -0.2) is 0 Å². The van der Waals surface area contributed by atoms with Gasteiger partial charge >= 0.3 is 0 Å². The Morgan fingerprint density at radius 2 is 2.07 bits per heavy atom. The Bertz CT molecular complexity index is 1000. The van der Waals surface area contributed by atoms with Crippen LogP contribution in [0.4, 0.5) is 11.4 Å². The molecule has 2 aromatic rings. The number of amides is 1. The number of hydrogen-bond acceptors (Lipinski definition) is 4. The van der Waals surface area contributed by atoms with Crippen molar-refractivity contribution in [3.8, 4) is 11.8 Å². The first kappa shape index (κ1) is 20.5. The maximum absolute atomic E-state index is 12.6. The number of nitrogens with zero attached hydrogens (tertiary/aromatic N) is 2. The SMILES string of the molecule is COc1cccc(NC(=O)/C(C#N)=C\c2ccc3c(c2)C(C)CC(C)(C)N3C)c1. The molecule has 0 radical (unpaired) electrons. The van der Waals surface area contributed by atoms with Crippen LogP contribution in [-0.4, -0.2) is 25.6 Å². The molecule has 0 aromatic heterocycles. The third-order valence-corrected chi connectivity index (χ3v) is 5.66. The summed E-state index contributed by atoms with van der Waals surface area (Å²) in [4.78, 5) is 14.9. The van der Waals surface area contributed by atoms with E-state index in [1.54, 1.807) is 37.5 Å². The summed E-state index contributed by atoms with van der Waals surface area (Å²) in [5.41, 5.74) is 4.03. The van der Waals surface area contributed by atoms with E-state index in [2.05, 4.69) is 50.2 Å². The summed E-state index contributed by atoms with van der Waals surface area (Å²) in [5, 5.41) is 12.3. The number of fused-ring (bicyclic) bond motifs is 1.